The summed E-state index contributed by atoms with van der Waals surface area (Å²) in [6.45, 7) is 10.2. The second-order valence-electron chi connectivity index (χ2n) is 6.42. The lowest BCUT2D eigenvalue weighted by Crippen LogP contribution is -2.30. The molecule has 2 aromatic carbocycles. The second kappa shape index (κ2) is 14.7. The number of Topliss-reactive ketones (excluding diaryl/α,β-unsaturated/α-hetero) is 1. The smallest absolute Gasteiger partial charge is 0.184 e. The van der Waals surface area contributed by atoms with Crippen molar-refractivity contribution >= 4 is 5.78 Å². The van der Waals surface area contributed by atoms with E-state index in [0.717, 1.165) is 17.5 Å². The van der Waals surface area contributed by atoms with Crippen LogP contribution in [-0.4, -0.2) is 12.4 Å². The molecule has 1 fully saturated rings. The Morgan fingerprint density at radius 3 is 2.00 bits per heavy atom. The highest BCUT2D eigenvalue weighted by molar-refractivity contribution is 5.76. The number of hydrogen-bond acceptors (Lipinski definition) is 3. The van der Waals surface area contributed by atoms with Crippen LogP contribution in [0.2, 0.25) is 0 Å². The first-order chi connectivity index (χ1) is 14.2. The van der Waals surface area contributed by atoms with E-state index in [-0.39, 0.29) is 24.1 Å². The first kappa shape index (κ1) is 24.8. The Kier molecular flexibility index (Phi) is 12.6. The van der Waals surface area contributed by atoms with Gasteiger partial charge in [0.15, 0.2) is 6.29 Å². The molecule has 0 N–H and O–H groups in total. The molecule has 1 saturated heterocycles. The Morgan fingerprint density at radius 2 is 1.45 bits per heavy atom. The number of allylic oxidation sites excluding steroid dienone is 2. The standard InChI is InChI=1S/C22H24O3.2C2H6/c1-17(23)10-8-9-15-20-16-24-22(19-13-6-3-7-14-19)25-21(20)18-11-4-2-5-12-18;2*1-2/h2-9,11-14,20-22H,10,15-16H2,1H3;2*1-2H3/b9-8-;;. The van der Waals surface area contributed by atoms with Crippen molar-refractivity contribution in [3.8, 4) is 0 Å². The molecular weight excluding hydrogens is 360 g/mol. The number of ether oxygens (including phenoxy) is 2. The Balaban J connectivity index is 0.000000989. The van der Waals surface area contributed by atoms with Crippen molar-refractivity contribution in [1.82, 2.24) is 0 Å². The molecular formula is C26H36O3. The largest absolute Gasteiger partial charge is 0.348 e. The highest BCUT2D eigenvalue weighted by atomic mass is 16.7. The van der Waals surface area contributed by atoms with E-state index in [1.54, 1.807) is 6.92 Å². The SMILES string of the molecule is CC.CC.CC(=O)C/C=C\CC1COC(c2ccccc2)OC1c1ccccc1. The van der Waals surface area contributed by atoms with E-state index in [0.29, 0.717) is 13.0 Å². The van der Waals surface area contributed by atoms with Crippen molar-refractivity contribution in [3.05, 3.63) is 83.9 Å². The third kappa shape index (κ3) is 8.35. The van der Waals surface area contributed by atoms with E-state index in [1.807, 2.05) is 82.3 Å². The zero-order valence-electron chi connectivity index (χ0n) is 18.5. The first-order valence-electron chi connectivity index (χ1n) is 10.8. The van der Waals surface area contributed by atoms with Gasteiger partial charge in [-0.05, 0) is 18.9 Å². The molecule has 2 aromatic rings. The van der Waals surface area contributed by atoms with Crippen molar-refractivity contribution in [3.63, 3.8) is 0 Å². The fraction of sp³-hybridized carbons (Fsp3) is 0.423. The van der Waals surface area contributed by atoms with Crippen LogP contribution in [-0.2, 0) is 14.3 Å². The quantitative estimate of drug-likeness (QED) is 0.490. The molecule has 0 spiro atoms. The maximum Gasteiger partial charge on any atom is 0.184 e. The predicted octanol–water partition coefficient (Wildman–Crippen LogP) is 7.07. The minimum Gasteiger partial charge on any atom is -0.348 e. The Morgan fingerprint density at radius 1 is 0.897 bits per heavy atom. The highest BCUT2D eigenvalue weighted by Gasteiger charge is 2.33. The molecule has 3 heteroatoms. The molecule has 3 nitrogen and oxygen atoms in total. The van der Waals surface area contributed by atoms with Gasteiger partial charge in [-0.15, -0.1) is 0 Å². The zero-order valence-corrected chi connectivity index (χ0v) is 18.5. The average molecular weight is 397 g/mol. The zero-order chi connectivity index (χ0) is 21.5. The monoisotopic (exact) mass is 396 g/mol. The Hall–Kier alpha value is -2.23. The van der Waals surface area contributed by atoms with Gasteiger partial charge in [0.05, 0.1) is 12.7 Å². The molecule has 0 amide bonds. The molecule has 0 bridgehead atoms. The maximum atomic E-state index is 11.1. The van der Waals surface area contributed by atoms with E-state index >= 15 is 0 Å². The lowest BCUT2D eigenvalue weighted by molar-refractivity contribution is -0.243. The third-order valence-corrected chi connectivity index (χ3v) is 4.37. The molecule has 3 atom stereocenters. The maximum absolute atomic E-state index is 11.1. The van der Waals surface area contributed by atoms with Crippen LogP contribution in [0.25, 0.3) is 0 Å². The lowest BCUT2D eigenvalue weighted by Gasteiger charge is -2.36. The van der Waals surface area contributed by atoms with Crippen molar-refractivity contribution in [2.24, 2.45) is 5.92 Å². The van der Waals surface area contributed by atoms with Gasteiger partial charge in [0.1, 0.15) is 5.78 Å². The van der Waals surface area contributed by atoms with E-state index in [9.17, 15) is 4.79 Å². The number of benzene rings is 2. The topological polar surface area (TPSA) is 35.5 Å². The molecule has 3 unspecified atom stereocenters. The van der Waals surface area contributed by atoms with E-state index < -0.39 is 0 Å². The molecule has 0 saturated carbocycles. The van der Waals surface area contributed by atoms with Gasteiger partial charge < -0.3 is 9.47 Å². The summed E-state index contributed by atoms with van der Waals surface area (Å²) in [5.41, 5.74) is 2.20. The van der Waals surface area contributed by atoms with Gasteiger partial charge in [-0.3, -0.25) is 4.79 Å². The number of carbonyl (C=O) groups excluding carboxylic acids is 1. The average Bonchev–Trinajstić information content (AvgIpc) is 2.80. The van der Waals surface area contributed by atoms with Gasteiger partial charge in [-0.1, -0.05) is 101 Å². The summed E-state index contributed by atoms with van der Waals surface area (Å²) in [6.07, 6.45) is 4.95. The fourth-order valence-corrected chi connectivity index (χ4v) is 3.07. The molecule has 158 valence electrons. The summed E-state index contributed by atoms with van der Waals surface area (Å²) in [7, 11) is 0. The van der Waals surface area contributed by atoms with Crippen LogP contribution in [0.3, 0.4) is 0 Å². The number of rotatable bonds is 6. The number of ketones is 1. The lowest BCUT2D eigenvalue weighted by atomic mass is 9.92. The summed E-state index contributed by atoms with van der Waals surface area (Å²) in [4.78, 5) is 11.1. The highest BCUT2D eigenvalue weighted by Crippen LogP contribution is 2.39. The summed E-state index contributed by atoms with van der Waals surface area (Å²) >= 11 is 0. The van der Waals surface area contributed by atoms with Crippen molar-refractivity contribution in [2.75, 3.05) is 6.61 Å². The van der Waals surface area contributed by atoms with Gasteiger partial charge in [-0.2, -0.15) is 0 Å². The predicted molar refractivity (Wildman–Crippen MR) is 121 cm³/mol. The van der Waals surface area contributed by atoms with Crippen LogP contribution < -0.4 is 0 Å². The van der Waals surface area contributed by atoms with Crippen molar-refractivity contribution in [1.29, 1.82) is 0 Å². The van der Waals surface area contributed by atoms with Gasteiger partial charge in [0.25, 0.3) is 0 Å². The second-order valence-corrected chi connectivity index (χ2v) is 6.42. The number of carbonyl (C=O) groups is 1. The van der Waals surface area contributed by atoms with E-state index in [2.05, 4.69) is 18.2 Å². The van der Waals surface area contributed by atoms with Crippen LogP contribution >= 0.6 is 0 Å². The van der Waals surface area contributed by atoms with Crippen LogP contribution in [0.1, 0.15) is 71.0 Å². The molecule has 29 heavy (non-hydrogen) atoms. The minimum absolute atomic E-state index is 0.0258. The summed E-state index contributed by atoms with van der Waals surface area (Å²) in [5, 5.41) is 0. The van der Waals surface area contributed by atoms with E-state index in [4.69, 9.17) is 9.47 Å². The van der Waals surface area contributed by atoms with Gasteiger partial charge in [0, 0.05) is 17.9 Å². The van der Waals surface area contributed by atoms with Crippen molar-refractivity contribution < 1.29 is 14.3 Å². The minimum atomic E-state index is -0.344. The van der Waals surface area contributed by atoms with Crippen LogP contribution in [0.4, 0.5) is 0 Å². The van der Waals surface area contributed by atoms with Gasteiger partial charge in [-0.25, -0.2) is 0 Å². The summed E-state index contributed by atoms with van der Waals surface area (Å²) in [6, 6.07) is 20.3. The van der Waals surface area contributed by atoms with Crippen LogP contribution in [0, 0.1) is 5.92 Å². The number of hydrogen-bond donors (Lipinski definition) is 0. The fourth-order valence-electron chi connectivity index (χ4n) is 3.07. The Bertz CT molecular complexity index is 694. The van der Waals surface area contributed by atoms with Crippen molar-refractivity contribution in [2.45, 2.75) is 59.9 Å². The molecule has 1 aliphatic heterocycles. The van der Waals surface area contributed by atoms with E-state index in [1.165, 1.54) is 0 Å². The third-order valence-electron chi connectivity index (χ3n) is 4.37. The summed E-state index contributed by atoms with van der Waals surface area (Å²) < 4.78 is 12.3. The molecule has 1 heterocycles. The van der Waals surface area contributed by atoms with Crippen LogP contribution in [0.15, 0.2) is 72.8 Å². The molecule has 3 rings (SSSR count). The van der Waals surface area contributed by atoms with Gasteiger partial charge in [0.2, 0.25) is 0 Å². The van der Waals surface area contributed by atoms with Crippen LogP contribution in [0.5, 0.6) is 0 Å². The van der Waals surface area contributed by atoms with Gasteiger partial charge >= 0.3 is 0 Å². The Labute approximate surface area is 176 Å². The summed E-state index contributed by atoms with van der Waals surface area (Å²) in [5.74, 6) is 0.404. The normalized spacial score (nSPS) is 20.8. The molecule has 0 aliphatic carbocycles. The molecule has 0 aromatic heterocycles. The first-order valence-corrected chi connectivity index (χ1v) is 10.8. The molecule has 0 radical (unpaired) electrons. The molecule has 1 aliphatic rings.